The van der Waals surface area contributed by atoms with E-state index in [1.807, 2.05) is 18.2 Å². The molecule has 9 nitrogen and oxygen atoms in total. The van der Waals surface area contributed by atoms with E-state index in [4.69, 9.17) is 14.5 Å². The standard InChI is InChI=1S/C23H22N6O3/c1-14-8-11-28(21(14)22-26-18-6-4-16(32-3)13-19(18)27-22)23(30)17-12-15(31-2)5-7-20(17)29-24-9-10-25-29/h4-7,9-10,12-13,21H,1,8,11H2,2-3H3,(H,26,27)/t21-/m0/s1. The van der Waals surface area contributed by atoms with Crippen molar-refractivity contribution >= 4 is 16.9 Å². The molecule has 1 aliphatic heterocycles. The first-order chi connectivity index (χ1) is 15.6. The molecule has 3 heterocycles. The van der Waals surface area contributed by atoms with E-state index >= 15 is 0 Å². The van der Waals surface area contributed by atoms with Crippen molar-refractivity contribution in [2.24, 2.45) is 0 Å². The lowest BCUT2D eigenvalue weighted by molar-refractivity contribution is 0.0741. The molecule has 1 fully saturated rings. The molecule has 2 aromatic heterocycles. The number of nitrogens with one attached hydrogen (secondary N) is 1. The number of hydrogen-bond acceptors (Lipinski definition) is 6. The Bertz CT molecular complexity index is 1310. The molecule has 32 heavy (non-hydrogen) atoms. The molecule has 5 rings (SSSR count). The van der Waals surface area contributed by atoms with Gasteiger partial charge in [0.2, 0.25) is 0 Å². The first-order valence-electron chi connectivity index (χ1n) is 10.2. The van der Waals surface area contributed by atoms with Crippen LogP contribution in [0.4, 0.5) is 0 Å². The number of rotatable bonds is 5. The maximum Gasteiger partial charge on any atom is 0.257 e. The number of hydrogen-bond donors (Lipinski definition) is 1. The van der Waals surface area contributed by atoms with Crippen LogP contribution in [-0.4, -0.2) is 56.5 Å². The highest BCUT2D eigenvalue weighted by Gasteiger charge is 2.36. The highest BCUT2D eigenvalue weighted by Crippen LogP contribution is 2.37. The number of carbonyl (C=O) groups excluding carboxylic acids is 1. The SMILES string of the molecule is C=C1CCN(C(=O)c2cc(OC)ccc2-n2nccn2)[C@@H]1c1nc2ccc(OC)cc2[nH]1. The summed E-state index contributed by atoms with van der Waals surface area (Å²) in [6.45, 7) is 4.75. The molecule has 1 N–H and O–H groups in total. The quantitative estimate of drug-likeness (QED) is 0.488. The average molecular weight is 430 g/mol. The van der Waals surface area contributed by atoms with Crippen LogP contribution >= 0.6 is 0 Å². The number of amides is 1. The normalized spacial score (nSPS) is 16.0. The smallest absolute Gasteiger partial charge is 0.257 e. The van der Waals surface area contributed by atoms with Gasteiger partial charge in [-0.3, -0.25) is 4.79 Å². The van der Waals surface area contributed by atoms with E-state index in [0.29, 0.717) is 35.8 Å². The highest BCUT2D eigenvalue weighted by molar-refractivity contribution is 5.99. The first-order valence-corrected chi connectivity index (χ1v) is 10.2. The van der Waals surface area contributed by atoms with Gasteiger partial charge in [0, 0.05) is 12.6 Å². The van der Waals surface area contributed by atoms with Crippen LogP contribution in [0.5, 0.6) is 11.5 Å². The van der Waals surface area contributed by atoms with Crippen molar-refractivity contribution in [1.82, 2.24) is 29.9 Å². The van der Waals surface area contributed by atoms with Gasteiger partial charge in [-0.1, -0.05) is 6.58 Å². The predicted molar refractivity (Wildman–Crippen MR) is 118 cm³/mol. The van der Waals surface area contributed by atoms with Crippen LogP contribution in [0.3, 0.4) is 0 Å². The molecule has 1 atom stereocenters. The van der Waals surface area contributed by atoms with Crippen molar-refractivity contribution in [3.05, 3.63) is 72.3 Å². The summed E-state index contributed by atoms with van der Waals surface area (Å²) in [6, 6.07) is 10.5. The third-order valence-electron chi connectivity index (χ3n) is 5.67. The van der Waals surface area contributed by atoms with Crippen LogP contribution in [0, 0.1) is 0 Å². The summed E-state index contributed by atoms with van der Waals surface area (Å²) >= 11 is 0. The monoisotopic (exact) mass is 430 g/mol. The number of benzene rings is 2. The summed E-state index contributed by atoms with van der Waals surface area (Å²) < 4.78 is 10.7. The van der Waals surface area contributed by atoms with Crippen molar-refractivity contribution < 1.29 is 14.3 Å². The Balaban J connectivity index is 1.56. The van der Waals surface area contributed by atoms with Gasteiger partial charge in [-0.25, -0.2) is 4.98 Å². The Morgan fingerprint density at radius 1 is 1.09 bits per heavy atom. The van der Waals surface area contributed by atoms with Crippen LogP contribution in [0.1, 0.15) is 28.6 Å². The summed E-state index contributed by atoms with van der Waals surface area (Å²) in [5.41, 5.74) is 3.58. The Hall–Kier alpha value is -4.14. The number of ether oxygens (including phenoxy) is 2. The van der Waals surface area contributed by atoms with Gasteiger partial charge in [0.05, 0.1) is 48.9 Å². The molecule has 0 spiro atoms. The van der Waals surface area contributed by atoms with E-state index < -0.39 is 0 Å². The van der Waals surface area contributed by atoms with Crippen molar-refractivity contribution in [3.8, 4) is 17.2 Å². The number of H-pyrrole nitrogens is 1. The minimum Gasteiger partial charge on any atom is -0.497 e. The highest BCUT2D eigenvalue weighted by atomic mass is 16.5. The number of imidazole rings is 1. The molecule has 9 heteroatoms. The number of aromatic amines is 1. The summed E-state index contributed by atoms with van der Waals surface area (Å²) in [7, 11) is 3.19. The molecule has 4 aromatic rings. The Morgan fingerprint density at radius 2 is 1.81 bits per heavy atom. The first kappa shape index (κ1) is 19.8. The van der Waals surface area contributed by atoms with Crippen LogP contribution in [-0.2, 0) is 0 Å². The van der Waals surface area contributed by atoms with Gasteiger partial charge >= 0.3 is 0 Å². The van der Waals surface area contributed by atoms with Crippen molar-refractivity contribution in [2.45, 2.75) is 12.5 Å². The van der Waals surface area contributed by atoms with E-state index in [-0.39, 0.29) is 11.9 Å². The maximum atomic E-state index is 13.8. The molecule has 2 aromatic carbocycles. The second-order valence-corrected chi connectivity index (χ2v) is 7.52. The zero-order valence-electron chi connectivity index (χ0n) is 17.8. The maximum absolute atomic E-state index is 13.8. The third-order valence-corrected chi connectivity index (χ3v) is 5.67. The largest absolute Gasteiger partial charge is 0.497 e. The molecule has 1 amide bonds. The van der Waals surface area contributed by atoms with E-state index in [1.54, 1.807) is 49.7 Å². The Morgan fingerprint density at radius 3 is 2.56 bits per heavy atom. The third kappa shape index (κ3) is 3.27. The number of aromatic nitrogens is 5. The number of nitrogens with zero attached hydrogens (tertiary/aromatic N) is 5. The molecule has 0 aliphatic carbocycles. The lowest BCUT2D eigenvalue weighted by Gasteiger charge is -2.24. The predicted octanol–water partition coefficient (Wildman–Crippen LogP) is 3.30. The zero-order chi connectivity index (χ0) is 22.2. The van der Waals surface area contributed by atoms with Crippen molar-refractivity contribution in [1.29, 1.82) is 0 Å². The van der Waals surface area contributed by atoms with E-state index in [1.165, 1.54) is 4.80 Å². The second-order valence-electron chi connectivity index (χ2n) is 7.52. The summed E-state index contributed by atoms with van der Waals surface area (Å²) in [6.07, 6.45) is 3.83. The number of likely N-dealkylation sites (tertiary alicyclic amines) is 1. The van der Waals surface area contributed by atoms with Crippen LogP contribution in [0.2, 0.25) is 0 Å². The fourth-order valence-electron chi connectivity index (χ4n) is 4.06. The van der Waals surface area contributed by atoms with Crippen LogP contribution in [0.15, 0.2) is 60.9 Å². The Labute approximate surface area is 184 Å². The molecular formula is C23H22N6O3. The minimum absolute atomic E-state index is 0.169. The Kier molecular flexibility index (Phi) is 4.85. The molecule has 1 saturated heterocycles. The van der Waals surface area contributed by atoms with Gasteiger partial charge < -0.3 is 19.4 Å². The van der Waals surface area contributed by atoms with Gasteiger partial charge in [-0.15, -0.1) is 0 Å². The number of carbonyl (C=O) groups is 1. The average Bonchev–Trinajstić information content (AvgIpc) is 3.57. The number of methoxy groups -OCH3 is 2. The van der Waals surface area contributed by atoms with Gasteiger partial charge in [0.1, 0.15) is 23.4 Å². The summed E-state index contributed by atoms with van der Waals surface area (Å²) in [5.74, 6) is 1.82. The molecule has 0 bridgehead atoms. The fraction of sp³-hybridized carbons (Fsp3) is 0.217. The van der Waals surface area contributed by atoms with E-state index in [9.17, 15) is 4.79 Å². The topological polar surface area (TPSA) is 98.2 Å². The van der Waals surface area contributed by atoms with Crippen molar-refractivity contribution in [3.63, 3.8) is 0 Å². The zero-order valence-corrected chi connectivity index (χ0v) is 17.8. The van der Waals surface area contributed by atoms with E-state index in [0.717, 1.165) is 22.4 Å². The van der Waals surface area contributed by atoms with Gasteiger partial charge in [-0.05, 0) is 42.3 Å². The van der Waals surface area contributed by atoms with E-state index in [2.05, 4.69) is 21.8 Å². The molecular weight excluding hydrogens is 408 g/mol. The van der Waals surface area contributed by atoms with Gasteiger partial charge in [0.15, 0.2) is 0 Å². The molecule has 1 aliphatic rings. The summed E-state index contributed by atoms with van der Waals surface area (Å²) in [5, 5.41) is 8.39. The van der Waals surface area contributed by atoms with Crippen LogP contribution in [0.25, 0.3) is 16.7 Å². The second kappa shape index (κ2) is 7.84. The van der Waals surface area contributed by atoms with Crippen LogP contribution < -0.4 is 9.47 Å². The van der Waals surface area contributed by atoms with Crippen molar-refractivity contribution in [2.75, 3.05) is 20.8 Å². The fourth-order valence-corrected chi connectivity index (χ4v) is 4.06. The lowest BCUT2D eigenvalue weighted by atomic mass is 10.1. The molecule has 0 radical (unpaired) electrons. The minimum atomic E-state index is -0.370. The lowest BCUT2D eigenvalue weighted by Crippen LogP contribution is -2.32. The molecule has 0 saturated carbocycles. The molecule has 0 unspecified atom stereocenters. The number of fused-ring (bicyclic) bond motifs is 1. The molecule has 162 valence electrons. The summed E-state index contributed by atoms with van der Waals surface area (Å²) in [4.78, 5) is 25.1. The van der Waals surface area contributed by atoms with Gasteiger partial charge in [0.25, 0.3) is 5.91 Å². The van der Waals surface area contributed by atoms with Gasteiger partial charge in [-0.2, -0.15) is 15.0 Å².